The topological polar surface area (TPSA) is 359 Å². The highest BCUT2D eigenvalue weighted by atomic mass is 35.5. The molecule has 3 saturated carbocycles. The Morgan fingerprint density at radius 2 is 0.737 bits per heavy atom. The zero-order valence-electron chi connectivity index (χ0n) is 79.5. The fourth-order valence-corrected chi connectivity index (χ4v) is 29.6. The molecule has 6 aromatic rings. The van der Waals surface area contributed by atoms with Crippen molar-refractivity contribution in [2.45, 2.75) is 200 Å². The molecule has 6 heterocycles. The number of sulfonamides is 5. The number of ketones is 1. The van der Waals surface area contributed by atoms with Crippen molar-refractivity contribution < 1.29 is 85.7 Å². The molecule has 0 unspecified atom stereocenters. The van der Waals surface area contributed by atoms with Gasteiger partial charge in [-0.2, -0.15) is 0 Å². The fraction of sp³-hybridized carbons (Fsp3) is 0.549. The number of carbonyl (C=O) groups excluding carboxylic acids is 4. The lowest BCUT2D eigenvalue weighted by atomic mass is 9.64. The molecule has 0 saturated heterocycles. The number of nitrogens with zero attached hydrogens (tertiary/aromatic N) is 5. The number of rotatable bonds is 6. The minimum absolute atomic E-state index is 0.0598. The highest BCUT2D eigenvalue weighted by molar-refractivity contribution is 7.91. The Morgan fingerprint density at radius 3 is 1.04 bits per heavy atom. The lowest BCUT2D eigenvalue weighted by molar-refractivity contribution is -0.122. The second-order valence-corrected chi connectivity index (χ2v) is 53.3. The molecule has 3 amide bonds. The van der Waals surface area contributed by atoms with E-state index in [0.717, 1.165) is 103 Å². The predicted molar refractivity (Wildman–Crippen MR) is 535 cm³/mol. The summed E-state index contributed by atoms with van der Waals surface area (Å²) in [5, 5.41) is 23.9. The van der Waals surface area contributed by atoms with E-state index in [1.807, 2.05) is 37.3 Å². The number of fused-ring (bicyclic) bond motifs is 12. The highest BCUT2D eigenvalue weighted by Crippen LogP contribution is 2.54. The summed E-state index contributed by atoms with van der Waals surface area (Å²) in [6, 6.07) is 33.3. The van der Waals surface area contributed by atoms with Crippen LogP contribution in [0.3, 0.4) is 0 Å². The van der Waals surface area contributed by atoms with Crippen molar-refractivity contribution in [1.82, 2.24) is 22.8 Å². The van der Waals surface area contributed by atoms with Gasteiger partial charge < -0.3 is 39.1 Å². The van der Waals surface area contributed by atoms with Crippen molar-refractivity contribution in [3.63, 3.8) is 0 Å². The van der Waals surface area contributed by atoms with Crippen molar-refractivity contribution >= 4 is 125 Å². The molecule has 12 aliphatic rings. The van der Waals surface area contributed by atoms with Crippen molar-refractivity contribution in [2.24, 2.45) is 53.3 Å². The van der Waals surface area contributed by atoms with Crippen LogP contribution in [0.15, 0.2) is 146 Å². The molecule has 6 aliphatic carbocycles. The molecule has 18 rings (SSSR count). The van der Waals surface area contributed by atoms with Gasteiger partial charge in [-0.15, -0.1) is 0 Å². The summed E-state index contributed by atoms with van der Waals surface area (Å²) < 4.78 is 161. The third-order valence-corrected chi connectivity index (χ3v) is 42.6. The number of amides is 3. The van der Waals surface area contributed by atoms with Crippen LogP contribution >= 0.6 is 34.8 Å². The Bertz CT molecular complexity index is 6120. The monoisotopic (exact) mass is 2030 g/mol. The van der Waals surface area contributed by atoms with Crippen LogP contribution in [0.5, 0.6) is 17.2 Å². The van der Waals surface area contributed by atoms with Crippen LogP contribution in [-0.4, -0.2) is 210 Å². The summed E-state index contributed by atoms with van der Waals surface area (Å²) in [7, 11) is -13.8. The van der Waals surface area contributed by atoms with Crippen molar-refractivity contribution in [1.29, 1.82) is 0 Å². The molecule has 742 valence electrons. The molecule has 3 spiro atoms. The van der Waals surface area contributed by atoms with E-state index in [0.29, 0.717) is 117 Å². The molecule has 3 fully saturated rings. The molecule has 0 aromatic heterocycles. The zero-order chi connectivity index (χ0) is 98.2. The molecular weight excluding hydrogens is 1910 g/mol. The van der Waals surface area contributed by atoms with Crippen LogP contribution in [0.25, 0.3) is 0 Å². The van der Waals surface area contributed by atoms with E-state index in [4.69, 9.17) is 49.0 Å². The number of hydrogen-bond donors (Lipinski definition) is 5. The number of aryl methyl sites for hydroxylation is 3. The molecular formula is C102H129Cl3N8O19S5. The Morgan fingerprint density at radius 1 is 0.423 bits per heavy atom. The average molecular weight is 2040 g/mol. The summed E-state index contributed by atoms with van der Waals surface area (Å²) in [4.78, 5) is 60.1. The number of hydrogen-bond acceptors (Lipinski definition) is 22. The maximum absolute atomic E-state index is 13.5. The number of halogens is 3. The first kappa shape index (κ1) is 102. The van der Waals surface area contributed by atoms with Gasteiger partial charge in [0.25, 0.3) is 17.7 Å². The largest absolute Gasteiger partial charge is 0.490 e. The van der Waals surface area contributed by atoms with Gasteiger partial charge in [0.15, 0.2) is 5.78 Å². The van der Waals surface area contributed by atoms with Crippen molar-refractivity contribution in [3.05, 3.63) is 211 Å². The van der Waals surface area contributed by atoms with Gasteiger partial charge in [0, 0.05) is 121 Å². The Labute approximate surface area is 822 Å². The first-order valence-corrected chi connectivity index (χ1v) is 57.0. The van der Waals surface area contributed by atoms with Crippen LogP contribution in [0.4, 0.5) is 17.1 Å². The van der Waals surface area contributed by atoms with E-state index in [9.17, 15) is 71.5 Å². The first-order chi connectivity index (χ1) is 64.6. The molecule has 35 heteroatoms. The standard InChI is InChI=1S/2C35H46ClN3O7S2.C32H37ClN2O5S/c2*1-23-7-5-16-35(41,22-47(42,43)38(3)4)30-12-9-27(30)19-39-20-34(15-6-8-25-17-28(36)11-13-29(25)34)21-46-32-14-10-26(18-31(32)39)33(40)37-48(44,45)24(23)2;1-20-5-3-7-29(36)26-11-8-24(26)17-35-18-32(14-4-6-22-15-25(33)10-12-27(22)32)19-40-30-13-9-23(16-28(30)35)31(37)34-41(38,39)21(20)2/h2*5,10-11,13-14,16-18,23-24,27,30,41H,6-9,12,15,19-22H2,1-4H3,(H,37,40);3,7,9-10,12-13,15-16,20-21,24,26H,4-6,8,11,14,17-19H2,1-2H3,(H,34,37)/b2*16-5+;7-3+/t23-,24+,27-,30+,34-,35+;23-,24+,27-,30+,34-,35-;20-,21+,24-,26+,32-/m000/s1. The summed E-state index contributed by atoms with van der Waals surface area (Å²) in [6.07, 6.45) is 24.0. The number of nitrogens with one attached hydrogen (secondary N) is 3. The van der Waals surface area contributed by atoms with Crippen LogP contribution in [-0.2, 0) is 90.4 Å². The minimum Gasteiger partial charge on any atom is -0.490 e. The third kappa shape index (κ3) is 21.1. The second kappa shape index (κ2) is 39.6. The smallest absolute Gasteiger partial charge is 0.264 e. The van der Waals surface area contributed by atoms with Gasteiger partial charge in [0.05, 0.1) is 64.1 Å². The van der Waals surface area contributed by atoms with Crippen molar-refractivity contribution in [3.8, 4) is 17.2 Å². The molecule has 6 aromatic carbocycles. The molecule has 0 radical (unpaired) electrons. The van der Waals surface area contributed by atoms with Gasteiger partial charge in [-0.25, -0.2) is 64.9 Å². The molecule has 5 N–H and O–H groups in total. The number of benzene rings is 6. The van der Waals surface area contributed by atoms with Gasteiger partial charge >= 0.3 is 0 Å². The SMILES string of the molecule is C[C@@H]1[C@@H](C)C/C=C/C(=O)[C@@H]2CC[C@H]2CN2C[C@@]3(CCCc4cc(Cl)ccc43)COc3ccc(cc32)C(=O)NS1(=O)=O.C[C@@H]1[C@@H](C)C/C=C/[C@@](O)(CS(=O)(=O)N(C)C)[C@@H]2CC[C@H]2CN2C[C@@]3(CCCc4cc(Cl)ccc43)COc3ccc(cc32)C(=O)NS1(=O)=O.C[C@@H]1[C@@H](C)C/C=C/[C@](O)(CS(=O)(=O)N(C)C)[C@@H]2CC[C@H]2CN2C[C@@]3(CCCc4cc(Cl)ccc43)COc3ccc(cc32)C(=O)NS1(=O)=O. The van der Waals surface area contributed by atoms with Gasteiger partial charge in [0.1, 0.15) is 28.5 Å². The average Bonchev–Trinajstić information content (AvgIpc) is 1.44. The van der Waals surface area contributed by atoms with E-state index in [1.54, 1.807) is 126 Å². The van der Waals surface area contributed by atoms with E-state index in [-0.39, 0.29) is 93.0 Å². The summed E-state index contributed by atoms with van der Waals surface area (Å²) >= 11 is 19.2. The first-order valence-electron chi connectivity index (χ1n) is 48.0. The van der Waals surface area contributed by atoms with Crippen LogP contribution in [0, 0.1) is 53.3 Å². The van der Waals surface area contributed by atoms with Gasteiger partial charge in [-0.3, -0.25) is 19.2 Å². The van der Waals surface area contributed by atoms with Crippen LogP contribution in [0.2, 0.25) is 15.1 Å². The third-order valence-electron chi connectivity index (χ3n) is 32.3. The van der Waals surface area contributed by atoms with Gasteiger partial charge in [-0.05, 0) is 314 Å². The number of carbonyl (C=O) groups is 4. The zero-order valence-corrected chi connectivity index (χ0v) is 85.9. The lowest BCUT2D eigenvalue weighted by Crippen LogP contribution is -2.55. The van der Waals surface area contributed by atoms with E-state index < -0.39 is 118 Å². The van der Waals surface area contributed by atoms with Crippen LogP contribution in [0.1, 0.15) is 202 Å². The maximum atomic E-state index is 13.5. The molecule has 6 bridgehead atoms. The van der Waals surface area contributed by atoms with E-state index >= 15 is 0 Å². The Balaban J connectivity index is 0.000000149. The van der Waals surface area contributed by atoms with Gasteiger partial charge in [-0.1, -0.05) is 104 Å². The molecule has 17 atom stereocenters. The normalized spacial score (nSPS) is 32.5. The quantitative estimate of drug-likeness (QED) is 0.0967. The van der Waals surface area contributed by atoms with E-state index in [2.05, 4.69) is 53.1 Å². The molecule has 6 aliphatic heterocycles. The maximum Gasteiger partial charge on any atom is 0.264 e. The number of anilines is 3. The summed E-state index contributed by atoms with van der Waals surface area (Å²) in [6.45, 7) is 14.7. The number of allylic oxidation sites excluding steroid dienone is 4. The second-order valence-electron chi connectivity index (χ2n) is 41.5. The predicted octanol–water partition coefficient (Wildman–Crippen LogP) is 14.5. The van der Waals surface area contributed by atoms with E-state index in [1.165, 1.54) is 61.6 Å². The lowest BCUT2D eigenvalue weighted by Gasteiger charge is -2.49. The molecule has 137 heavy (non-hydrogen) atoms. The Hall–Kier alpha value is -8.12. The van der Waals surface area contributed by atoms with Crippen LogP contribution < -0.4 is 43.1 Å². The van der Waals surface area contributed by atoms with Crippen molar-refractivity contribution in [2.75, 3.05) is 113 Å². The number of ether oxygens (including phenoxy) is 3. The summed E-state index contributed by atoms with van der Waals surface area (Å²) in [5.74, 6) is -2.94. The minimum atomic E-state index is -4.07. The number of aliphatic hydroxyl groups is 2. The van der Waals surface area contributed by atoms with Gasteiger partial charge in [0.2, 0.25) is 50.1 Å². The Kier molecular flexibility index (Phi) is 29.5. The summed E-state index contributed by atoms with van der Waals surface area (Å²) in [5.41, 5.74) is 5.54. The highest BCUT2D eigenvalue weighted by Gasteiger charge is 2.54. The fourth-order valence-electron chi connectivity index (χ4n) is 22.9. The molecule has 27 nitrogen and oxygen atoms in total.